The summed E-state index contributed by atoms with van der Waals surface area (Å²) in [4.78, 5) is 12.2. The lowest BCUT2D eigenvalue weighted by Crippen LogP contribution is -2.19. The van der Waals surface area contributed by atoms with Crippen LogP contribution in [0.15, 0.2) is 86.6 Å². The predicted octanol–water partition coefficient (Wildman–Crippen LogP) is 6.29. The van der Waals surface area contributed by atoms with E-state index in [9.17, 15) is 13.2 Å². The van der Waals surface area contributed by atoms with Crippen LogP contribution in [0.2, 0.25) is 5.02 Å². The number of sulfone groups is 1. The molecule has 2 N–H and O–H groups in total. The second kappa shape index (κ2) is 9.05. The van der Waals surface area contributed by atoms with Crippen LogP contribution in [0.4, 0.5) is 16.2 Å². The molecule has 2 aromatic carbocycles. The Morgan fingerprint density at radius 2 is 1.62 bits per heavy atom. The van der Waals surface area contributed by atoms with Gasteiger partial charge in [0.1, 0.15) is 0 Å². The number of anilines is 2. The van der Waals surface area contributed by atoms with E-state index in [4.69, 9.17) is 34.8 Å². The zero-order chi connectivity index (χ0) is 21.0. The van der Waals surface area contributed by atoms with Crippen molar-refractivity contribution in [2.75, 3.05) is 10.6 Å². The summed E-state index contributed by atoms with van der Waals surface area (Å²) in [6.07, 6.45) is 3.52. The number of carbonyl (C=O) groups is 1. The topological polar surface area (TPSA) is 75.3 Å². The average Bonchev–Trinajstić information content (AvgIpc) is 2.66. The molecule has 0 spiro atoms. The summed E-state index contributed by atoms with van der Waals surface area (Å²) in [5.74, 6) is 0. The highest BCUT2D eigenvalue weighted by Crippen LogP contribution is 2.29. The second-order valence-electron chi connectivity index (χ2n) is 6.10. The molecular formula is C20H15Cl3N2O3S. The molecule has 0 aromatic heterocycles. The van der Waals surface area contributed by atoms with Crippen LogP contribution >= 0.6 is 34.8 Å². The molecule has 0 bridgehead atoms. The molecule has 0 atom stereocenters. The van der Waals surface area contributed by atoms with Crippen molar-refractivity contribution in [3.05, 3.63) is 86.8 Å². The number of hydrogen-bond acceptors (Lipinski definition) is 3. The normalized spacial score (nSPS) is 15.5. The van der Waals surface area contributed by atoms with Gasteiger partial charge in [-0.25, -0.2) is 13.2 Å². The lowest BCUT2D eigenvalue weighted by atomic mass is 10.1. The number of allylic oxidation sites excluding steroid dienone is 5. The molecule has 150 valence electrons. The monoisotopic (exact) mass is 468 g/mol. The average molecular weight is 470 g/mol. The van der Waals surface area contributed by atoms with E-state index in [2.05, 4.69) is 10.6 Å². The van der Waals surface area contributed by atoms with Crippen molar-refractivity contribution in [2.45, 2.75) is 11.3 Å². The number of amides is 2. The highest BCUT2D eigenvalue weighted by Gasteiger charge is 2.16. The third-order valence-corrected chi connectivity index (χ3v) is 6.43. The van der Waals surface area contributed by atoms with Crippen molar-refractivity contribution in [1.29, 1.82) is 0 Å². The Labute approximate surface area is 183 Å². The third kappa shape index (κ3) is 5.87. The summed E-state index contributed by atoms with van der Waals surface area (Å²) in [5, 5.41) is 7.61. The van der Waals surface area contributed by atoms with Crippen LogP contribution in [0.3, 0.4) is 0 Å². The summed E-state index contributed by atoms with van der Waals surface area (Å²) >= 11 is 17.7. The van der Waals surface area contributed by atoms with E-state index in [1.807, 2.05) is 0 Å². The van der Waals surface area contributed by atoms with Gasteiger partial charge in [-0.15, -0.1) is 0 Å². The number of rotatable bonds is 4. The minimum atomic E-state index is -3.75. The number of nitrogens with one attached hydrogen (secondary N) is 2. The van der Waals surface area contributed by atoms with Gasteiger partial charge in [-0.3, -0.25) is 0 Å². The van der Waals surface area contributed by atoms with Gasteiger partial charge in [0.2, 0.25) is 0 Å². The number of halogens is 3. The number of hydrogen-bond donors (Lipinski definition) is 2. The van der Waals surface area contributed by atoms with Crippen molar-refractivity contribution >= 4 is 62.0 Å². The van der Waals surface area contributed by atoms with Gasteiger partial charge in [-0.2, -0.15) is 0 Å². The van der Waals surface area contributed by atoms with Crippen molar-refractivity contribution in [3.8, 4) is 0 Å². The third-order valence-electron chi connectivity index (χ3n) is 3.89. The van der Waals surface area contributed by atoms with Gasteiger partial charge in [0.15, 0.2) is 9.84 Å². The van der Waals surface area contributed by atoms with Crippen molar-refractivity contribution in [3.63, 3.8) is 0 Å². The smallest absolute Gasteiger partial charge is 0.308 e. The van der Waals surface area contributed by atoms with E-state index in [0.29, 0.717) is 33.4 Å². The van der Waals surface area contributed by atoms with Gasteiger partial charge < -0.3 is 10.6 Å². The molecular weight excluding hydrogens is 455 g/mol. The van der Waals surface area contributed by atoms with Crippen molar-refractivity contribution in [2.24, 2.45) is 0 Å². The first-order valence-corrected chi connectivity index (χ1v) is 11.0. The Kier molecular flexibility index (Phi) is 6.70. The summed E-state index contributed by atoms with van der Waals surface area (Å²) in [7, 11) is -3.75. The van der Waals surface area contributed by atoms with Crippen LogP contribution in [0.5, 0.6) is 0 Å². The van der Waals surface area contributed by atoms with Gasteiger partial charge in [-0.1, -0.05) is 46.9 Å². The zero-order valence-corrected chi connectivity index (χ0v) is 17.9. The van der Waals surface area contributed by atoms with Gasteiger partial charge in [0.05, 0.1) is 15.0 Å². The zero-order valence-electron chi connectivity index (χ0n) is 14.8. The molecule has 0 saturated heterocycles. The standard InChI is InChI=1S/C20H15Cl3N2O3S/c21-14-5-7-15(8-6-14)24-20(26)25-16-2-1-3-17(11-16)29(27,28)12-13-4-9-18(22)19(23)10-13/h1-3,5-12H,4H2,(H2,24,25,26). The number of urea groups is 1. The maximum Gasteiger partial charge on any atom is 0.323 e. The van der Waals surface area contributed by atoms with Crippen LogP contribution in [-0.2, 0) is 9.84 Å². The van der Waals surface area contributed by atoms with Gasteiger partial charge in [0, 0.05) is 21.8 Å². The quantitative estimate of drug-likeness (QED) is 0.552. The van der Waals surface area contributed by atoms with E-state index in [1.165, 1.54) is 18.2 Å². The Morgan fingerprint density at radius 1 is 0.931 bits per heavy atom. The molecule has 1 aliphatic rings. The van der Waals surface area contributed by atoms with Crippen LogP contribution < -0.4 is 10.6 Å². The lowest BCUT2D eigenvalue weighted by Gasteiger charge is -2.10. The highest BCUT2D eigenvalue weighted by molar-refractivity contribution is 7.94. The predicted molar refractivity (Wildman–Crippen MR) is 118 cm³/mol. The molecule has 0 unspecified atom stereocenters. The van der Waals surface area contributed by atoms with E-state index in [-0.39, 0.29) is 9.93 Å². The first-order chi connectivity index (χ1) is 13.7. The van der Waals surface area contributed by atoms with Crippen LogP contribution in [0, 0.1) is 0 Å². The molecule has 0 fully saturated rings. The fourth-order valence-corrected chi connectivity index (χ4v) is 4.26. The number of benzene rings is 2. The Balaban J connectivity index is 1.75. The summed E-state index contributed by atoms with van der Waals surface area (Å²) < 4.78 is 25.4. The first kappa shape index (κ1) is 21.5. The molecule has 9 heteroatoms. The van der Waals surface area contributed by atoms with Gasteiger partial charge in [0.25, 0.3) is 0 Å². The van der Waals surface area contributed by atoms with E-state index in [1.54, 1.807) is 42.5 Å². The molecule has 0 aliphatic heterocycles. The van der Waals surface area contributed by atoms with Crippen molar-refractivity contribution in [1.82, 2.24) is 0 Å². The SMILES string of the molecule is O=C(Nc1ccc(Cl)cc1)Nc1cccc(S(=O)(=O)C=C2C=C(Cl)C(Cl)=CC2)c1. The molecule has 29 heavy (non-hydrogen) atoms. The maximum absolute atomic E-state index is 12.7. The largest absolute Gasteiger partial charge is 0.323 e. The first-order valence-electron chi connectivity index (χ1n) is 8.35. The fraction of sp³-hybridized carbons (Fsp3) is 0.0500. The molecule has 0 saturated carbocycles. The maximum atomic E-state index is 12.7. The Hall–Kier alpha value is -2.25. The molecule has 2 amide bonds. The molecule has 3 rings (SSSR count). The number of carbonyl (C=O) groups excluding carboxylic acids is 1. The Bertz CT molecular complexity index is 1140. The van der Waals surface area contributed by atoms with E-state index >= 15 is 0 Å². The van der Waals surface area contributed by atoms with E-state index < -0.39 is 15.9 Å². The Morgan fingerprint density at radius 3 is 2.31 bits per heavy atom. The summed E-state index contributed by atoms with van der Waals surface area (Å²) in [6.45, 7) is 0. The molecule has 5 nitrogen and oxygen atoms in total. The minimum Gasteiger partial charge on any atom is -0.308 e. The van der Waals surface area contributed by atoms with E-state index in [0.717, 1.165) is 5.41 Å². The highest BCUT2D eigenvalue weighted by atomic mass is 35.5. The summed E-state index contributed by atoms with van der Waals surface area (Å²) in [6, 6.07) is 12.0. The van der Waals surface area contributed by atoms with Crippen LogP contribution in [-0.4, -0.2) is 14.4 Å². The molecule has 2 aromatic rings. The van der Waals surface area contributed by atoms with Gasteiger partial charge in [-0.05, 0) is 60.5 Å². The molecule has 0 heterocycles. The second-order valence-corrected chi connectivity index (χ2v) is 9.15. The van der Waals surface area contributed by atoms with Gasteiger partial charge >= 0.3 is 6.03 Å². The lowest BCUT2D eigenvalue weighted by molar-refractivity contribution is 0.262. The molecule has 1 aliphatic carbocycles. The minimum absolute atomic E-state index is 0.0412. The summed E-state index contributed by atoms with van der Waals surface area (Å²) in [5.41, 5.74) is 1.39. The van der Waals surface area contributed by atoms with Crippen LogP contribution in [0.1, 0.15) is 6.42 Å². The van der Waals surface area contributed by atoms with Crippen LogP contribution in [0.25, 0.3) is 0 Å². The van der Waals surface area contributed by atoms with Crippen molar-refractivity contribution < 1.29 is 13.2 Å². The fourth-order valence-electron chi connectivity index (χ4n) is 2.52. The molecule has 0 radical (unpaired) electrons.